The maximum absolute atomic E-state index is 12.4. The monoisotopic (exact) mass is 288 g/mol. The van der Waals surface area contributed by atoms with Crippen molar-refractivity contribution in [1.29, 1.82) is 0 Å². The Bertz CT molecular complexity index is 571. The number of rotatable bonds is 4. The summed E-state index contributed by atoms with van der Waals surface area (Å²) in [5.74, 6) is 0.958. The van der Waals surface area contributed by atoms with Crippen LogP contribution in [0.2, 0.25) is 0 Å². The van der Waals surface area contributed by atoms with Gasteiger partial charge in [-0.3, -0.25) is 14.5 Å². The van der Waals surface area contributed by atoms with Crippen molar-refractivity contribution in [3.63, 3.8) is 0 Å². The van der Waals surface area contributed by atoms with E-state index in [4.69, 9.17) is 4.74 Å². The van der Waals surface area contributed by atoms with Gasteiger partial charge < -0.3 is 10.1 Å². The third kappa shape index (κ3) is 2.78. The molecular weight excluding hydrogens is 268 g/mol. The van der Waals surface area contributed by atoms with Gasteiger partial charge in [-0.1, -0.05) is 0 Å². The normalized spacial score (nSPS) is 20.9. The van der Waals surface area contributed by atoms with Gasteiger partial charge in [0, 0.05) is 19.0 Å². The predicted molar refractivity (Wildman–Crippen MR) is 78.6 cm³/mol. The van der Waals surface area contributed by atoms with Crippen molar-refractivity contribution in [2.75, 3.05) is 26.7 Å². The van der Waals surface area contributed by atoms with Crippen LogP contribution in [0.5, 0.6) is 5.75 Å². The lowest BCUT2D eigenvalue weighted by molar-refractivity contribution is -0.124. The van der Waals surface area contributed by atoms with Gasteiger partial charge in [0.25, 0.3) is 0 Å². The molecule has 1 unspecified atom stereocenters. The van der Waals surface area contributed by atoms with Gasteiger partial charge in [-0.15, -0.1) is 0 Å². The summed E-state index contributed by atoms with van der Waals surface area (Å²) < 4.78 is 5.46. The quantitative estimate of drug-likeness (QED) is 0.840. The van der Waals surface area contributed by atoms with Gasteiger partial charge in [-0.25, -0.2) is 0 Å². The summed E-state index contributed by atoms with van der Waals surface area (Å²) in [7, 11) is 1.64. The van der Waals surface area contributed by atoms with E-state index in [-0.39, 0.29) is 17.7 Å². The molecule has 0 aliphatic carbocycles. The highest BCUT2D eigenvalue weighted by atomic mass is 16.5. The van der Waals surface area contributed by atoms with E-state index < -0.39 is 0 Å². The molecule has 1 aromatic rings. The molecular formula is C16H20N2O3. The highest BCUT2D eigenvalue weighted by molar-refractivity contribution is 5.98. The van der Waals surface area contributed by atoms with Gasteiger partial charge in [0.2, 0.25) is 5.91 Å². The minimum atomic E-state index is -0.170. The number of nitrogens with one attached hydrogen (secondary N) is 1. The van der Waals surface area contributed by atoms with Crippen LogP contribution in [0.25, 0.3) is 0 Å². The summed E-state index contributed by atoms with van der Waals surface area (Å²) in [5.41, 5.74) is 1.81. The van der Waals surface area contributed by atoms with Crippen LogP contribution < -0.4 is 10.1 Å². The number of hydrogen-bond donors (Lipinski definition) is 1. The van der Waals surface area contributed by atoms with Crippen LogP contribution in [0, 0.1) is 0 Å². The van der Waals surface area contributed by atoms with Gasteiger partial charge in [-0.05, 0) is 43.1 Å². The predicted octanol–water partition coefficient (Wildman–Crippen LogP) is 1.01. The highest BCUT2D eigenvalue weighted by Gasteiger charge is 2.31. The lowest BCUT2D eigenvalue weighted by Gasteiger charge is -2.22. The van der Waals surface area contributed by atoms with Crippen LogP contribution in [-0.2, 0) is 11.2 Å². The van der Waals surface area contributed by atoms with E-state index in [2.05, 4.69) is 5.32 Å². The number of likely N-dealkylation sites (tertiary alicyclic amines) is 1. The van der Waals surface area contributed by atoms with E-state index in [0.717, 1.165) is 37.1 Å². The van der Waals surface area contributed by atoms with Gasteiger partial charge in [0.15, 0.2) is 5.78 Å². The van der Waals surface area contributed by atoms with Gasteiger partial charge in [-0.2, -0.15) is 0 Å². The number of carbonyl (C=O) groups excluding carboxylic acids is 2. The second kappa shape index (κ2) is 5.85. The highest BCUT2D eigenvalue weighted by Crippen LogP contribution is 2.26. The van der Waals surface area contributed by atoms with Gasteiger partial charge >= 0.3 is 0 Å². The number of ether oxygens (including phenoxy) is 1. The topological polar surface area (TPSA) is 58.6 Å². The summed E-state index contributed by atoms with van der Waals surface area (Å²) in [6, 6.07) is 5.44. The Morgan fingerprint density at radius 2 is 2.29 bits per heavy atom. The van der Waals surface area contributed by atoms with Crippen molar-refractivity contribution in [2.24, 2.45) is 0 Å². The Balaban J connectivity index is 1.70. The Labute approximate surface area is 124 Å². The van der Waals surface area contributed by atoms with E-state index in [1.807, 2.05) is 23.1 Å². The van der Waals surface area contributed by atoms with Crippen LogP contribution in [0.4, 0.5) is 0 Å². The molecule has 0 aromatic heterocycles. The van der Waals surface area contributed by atoms with Crippen LogP contribution in [0.3, 0.4) is 0 Å². The number of fused-ring (bicyclic) bond motifs is 1. The molecule has 2 aliphatic rings. The number of amides is 1. The molecule has 5 heteroatoms. The third-order valence-corrected chi connectivity index (χ3v) is 4.27. The maximum Gasteiger partial charge on any atom is 0.237 e. The molecule has 3 rings (SSSR count). The van der Waals surface area contributed by atoms with E-state index in [1.165, 1.54) is 0 Å². The molecule has 0 bridgehead atoms. The number of hydrogen-bond acceptors (Lipinski definition) is 4. The molecule has 2 heterocycles. The standard InChI is InChI=1S/C16H20N2O3/c1-17-16(20)13-3-2-7-18(13)10-14(19)11-4-5-15-12(9-11)6-8-21-15/h4-5,9,13H,2-3,6-8,10H2,1H3,(H,17,20). The minimum absolute atomic E-state index is 0.00246. The number of benzene rings is 1. The number of nitrogens with zero attached hydrogens (tertiary/aromatic N) is 1. The molecule has 0 radical (unpaired) electrons. The molecule has 1 aromatic carbocycles. The Morgan fingerprint density at radius 1 is 1.43 bits per heavy atom. The minimum Gasteiger partial charge on any atom is -0.493 e. The fourth-order valence-electron chi connectivity index (χ4n) is 3.11. The van der Waals surface area contributed by atoms with Crippen molar-refractivity contribution in [3.8, 4) is 5.75 Å². The Morgan fingerprint density at radius 3 is 3.10 bits per heavy atom. The molecule has 1 atom stereocenters. The molecule has 5 nitrogen and oxygen atoms in total. The molecule has 1 saturated heterocycles. The van der Waals surface area contributed by atoms with Crippen LogP contribution in [0.1, 0.15) is 28.8 Å². The lowest BCUT2D eigenvalue weighted by Crippen LogP contribution is -2.44. The average molecular weight is 288 g/mol. The zero-order chi connectivity index (χ0) is 14.8. The lowest BCUT2D eigenvalue weighted by atomic mass is 10.0. The second-order valence-electron chi connectivity index (χ2n) is 5.59. The first-order valence-electron chi connectivity index (χ1n) is 7.43. The molecule has 0 saturated carbocycles. The number of carbonyl (C=O) groups is 2. The summed E-state index contributed by atoms with van der Waals surface area (Å²) in [6.45, 7) is 1.80. The Kier molecular flexibility index (Phi) is 3.92. The molecule has 0 spiro atoms. The molecule has 2 aliphatic heterocycles. The maximum atomic E-state index is 12.4. The third-order valence-electron chi connectivity index (χ3n) is 4.27. The fraction of sp³-hybridized carbons (Fsp3) is 0.500. The summed E-state index contributed by atoms with van der Waals surface area (Å²) >= 11 is 0. The largest absolute Gasteiger partial charge is 0.493 e. The first kappa shape index (κ1) is 14.1. The first-order chi connectivity index (χ1) is 10.2. The summed E-state index contributed by atoms with van der Waals surface area (Å²) in [6.07, 6.45) is 2.65. The van der Waals surface area contributed by atoms with Crippen molar-refractivity contribution < 1.29 is 14.3 Å². The van der Waals surface area contributed by atoms with Crippen molar-refractivity contribution >= 4 is 11.7 Å². The molecule has 112 valence electrons. The van der Waals surface area contributed by atoms with Gasteiger partial charge in [0.05, 0.1) is 19.2 Å². The Hall–Kier alpha value is -1.88. The van der Waals surface area contributed by atoms with E-state index >= 15 is 0 Å². The SMILES string of the molecule is CNC(=O)C1CCCN1CC(=O)c1ccc2c(c1)CCO2. The number of likely N-dealkylation sites (N-methyl/N-ethyl adjacent to an activating group) is 1. The van der Waals surface area contributed by atoms with Gasteiger partial charge in [0.1, 0.15) is 5.75 Å². The average Bonchev–Trinajstić information content (AvgIpc) is 3.14. The van der Waals surface area contributed by atoms with Crippen molar-refractivity contribution in [1.82, 2.24) is 10.2 Å². The van der Waals surface area contributed by atoms with Crippen LogP contribution in [-0.4, -0.2) is 49.4 Å². The van der Waals surface area contributed by atoms with Crippen molar-refractivity contribution in [3.05, 3.63) is 29.3 Å². The van der Waals surface area contributed by atoms with E-state index in [0.29, 0.717) is 18.7 Å². The van der Waals surface area contributed by atoms with E-state index in [9.17, 15) is 9.59 Å². The zero-order valence-corrected chi connectivity index (χ0v) is 12.2. The summed E-state index contributed by atoms with van der Waals surface area (Å²) in [4.78, 5) is 26.2. The molecule has 21 heavy (non-hydrogen) atoms. The summed E-state index contributed by atoms with van der Waals surface area (Å²) in [5, 5.41) is 2.68. The molecule has 1 N–H and O–H groups in total. The molecule has 1 amide bonds. The zero-order valence-electron chi connectivity index (χ0n) is 12.2. The van der Waals surface area contributed by atoms with E-state index in [1.54, 1.807) is 7.05 Å². The van der Waals surface area contributed by atoms with Crippen LogP contribution in [0.15, 0.2) is 18.2 Å². The van der Waals surface area contributed by atoms with Crippen LogP contribution >= 0.6 is 0 Å². The smallest absolute Gasteiger partial charge is 0.237 e. The number of Topliss-reactive ketones (excluding diaryl/α,β-unsaturated/α-hetero) is 1. The first-order valence-corrected chi connectivity index (χ1v) is 7.43. The van der Waals surface area contributed by atoms with Crippen molar-refractivity contribution in [2.45, 2.75) is 25.3 Å². The second-order valence-corrected chi connectivity index (χ2v) is 5.59. The number of ketones is 1. The molecule has 1 fully saturated rings. The fourth-order valence-corrected chi connectivity index (χ4v) is 3.11.